The molecule has 12 heteroatoms. The minimum Gasteiger partial charge on any atom is -0.507 e. The van der Waals surface area contributed by atoms with Gasteiger partial charge in [-0.1, -0.05) is 32.4 Å². The van der Waals surface area contributed by atoms with Crippen LogP contribution in [0.1, 0.15) is 43.5 Å². The zero-order valence-electron chi connectivity index (χ0n) is 28.2. The Kier molecular flexibility index (Phi) is 9.94. The maximum atomic E-state index is 16.5. The van der Waals surface area contributed by atoms with Crippen molar-refractivity contribution < 1.29 is 33.0 Å². The summed E-state index contributed by atoms with van der Waals surface area (Å²) in [7, 11) is 1.24. The quantitative estimate of drug-likeness (QED) is 0.262. The molecule has 0 aliphatic carbocycles. The summed E-state index contributed by atoms with van der Waals surface area (Å²) in [6.45, 7) is 11.5. The number of piperazine rings is 1. The molecular weight excluding hydrogens is 632 g/mol. The molecule has 49 heavy (non-hydrogen) atoms. The van der Waals surface area contributed by atoms with E-state index in [0.717, 1.165) is 17.7 Å². The highest BCUT2D eigenvalue weighted by atomic mass is 19.1. The van der Waals surface area contributed by atoms with Gasteiger partial charge in [0.15, 0.2) is 0 Å². The van der Waals surface area contributed by atoms with Crippen molar-refractivity contribution in [1.82, 2.24) is 19.7 Å². The number of allylic oxidation sites excluding steroid dienone is 3. The SMILES string of the molecule is C#C/C(=C(F)\C=C1/CN(c2c(C)ccnc2C(C)C)C(=O)C2=C1N1C[C@@H](C)N(C(=O)C=C)C[C@@H]1CN2CC(=O)OC)c1c(O)cccc1F. The first-order chi connectivity index (χ1) is 23.3. The molecule has 1 fully saturated rings. The number of aryl methyl sites for hydroxylation is 1. The van der Waals surface area contributed by atoms with Crippen molar-refractivity contribution in [1.29, 1.82) is 0 Å². The summed E-state index contributed by atoms with van der Waals surface area (Å²) in [5.41, 5.74) is 1.76. The second-order valence-corrected chi connectivity index (χ2v) is 12.6. The molecule has 1 saturated heterocycles. The van der Waals surface area contributed by atoms with Crippen LogP contribution in [0.15, 0.2) is 72.0 Å². The van der Waals surface area contributed by atoms with Crippen molar-refractivity contribution in [2.45, 2.75) is 45.7 Å². The van der Waals surface area contributed by atoms with Crippen LogP contribution in [-0.4, -0.2) is 94.5 Å². The van der Waals surface area contributed by atoms with Crippen LogP contribution in [0.25, 0.3) is 5.57 Å². The molecule has 1 N–H and O–H groups in total. The summed E-state index contributed by atoms with van der Waals surface area (Å²) in [6, 6.07) is 4.60. The number of amides is 2. The number of methoxy groups -OCH3 is 1. The highest BCUT2D eigenvalue weighted by Crippen LogP contribution is 2.42. The summed E-state index contributed by atoms with van der Waals surface area (Å²) in [4.78, 5) is 51.7. The summed E-state index contributed by atoms with van der Waals surface area (Å²) in [5.74, 6) is -1.65. The largest absolute Gasteiger partial charge is 0.507 e. The van der Waals surface area contributed by atoms with Gasteiger partial charge in [0.25, 0.3) is 5.91 Å². The van der Waals surface area contributed by atoms with E-state index in [2.05, 4.69) is 17.5 Å². The number of nitrogens with zero attached hydrogens (tertiary/aromatic N) is 5. The minimum atomic E-state index is -1.01. The number of hydrogen-bond acceptors (Lipinski definition) is 8. The number of benzene rings is 1. The fraction of sp³-hybridized carbons (Fsp3) is 0.351. The number of phenolic OH excluding ortho intramolecular Hbond substituents is 1. The van der Waals surface area contributed by atoms with Crippen LogP contribution in [0.3, 0.4) is 0 Å². The van der Waals surface area contributed by atoms with Crippen LogP contribution in [0.2, 0.25) is 0 Å². The molecule has 5 rings (SSSR count). The molecule has 0 saturated carbocycles. The number of anilines is 1. The second-order valence-electron chi connectivity index (χ2n) is 12.6. The smallest absolute Gasteiger partial charge is 0.325 e. The number of carbonyl (C=O) groups is 3. The third-order valence-electron chi connectivity index (χ3n) is 9.08. The molecule has 1 aromatic carbocycles. The number of carbonyl (C=O) groups excluding carboxylic acids is 3. The average Bonchev–Trinajstić information content (AvgIpc) is 3.06. The Labute approximate surface area is 284 Å². The Hall–Kier alpha value is -5.44. The van der Waals surface area contributed by atoms with Gasteiger partial charge in [-0.2, -0.15) is 0 Å². The van der Waals surface area contributed by atoms with Gasteiger partial charge < -0.3 is 29.4 Å². The van der Waals surface area contributed by atoms with E-state index in [9.17, 15) is 23.9 Å². The third kappa shape index (κ3) is 6.40. The highest BCUT2D eigenvalue weighted by molar-refractivity contribution is 6.09. The average molecular weight is 672 g/mol. The lowest BCUT2D eigenvalue weighted by Crippen LogP contribution is -2.65. The van der Waals surface area contributed by atoms with E-state index in [1.165, 1.54) is 30.2 Å². The number of terminal acetylenes is 1. The number of halogens is 2. The standard InChI is InChI=1S/C37H39F2N5O5/c1-8-26(32-27(38)11-10-12-29(32)45)28(39)15-24-17-44(34-22(5)13-14-40-33(34)21(3)4)37(48)36-35(24)43-16-23(6)42(30(46)9-2)19-25(43)18-41(36)20-31(47)49-7/h1,9-15,21,23,25,45H,2,16-20H2,3-7H3/b24-15+,28-26-/t23-,25+/m1/s1. The fourth-order valence-electron chi connectivity index (χ4n) is 6.79. The maximum absolute atomic E-state index is 16.5. The molecule has 256 valence electrons. The van der Waals surface area contributed by atoms with Gasteiger partial charge in [-0.3, -0.25) is 19.4 Å². The monoisotopic (exact) mass is 671 g/mol. The molecular formula is C37H39F2N5O5. The van der Waals surface area contributed by atoms with E-state index >= 15 is 4.39 Å². The molecule has 0 spiro atoms. The number of phenols is 1. The van der Waals surface area contributed by atoms with Crippen LogP contribution >= 0.6 is 0 Å². The Balaban J connectivity index is 1.80. The van der Waals surface area contributed by atoms with Gasteiger partial charge in [-0.25, -0.2) is 8.78 Å². The zero-order valence-corrected chi connectivity index (χ0v) is 28.2. The molecule has 0 bridgehead atoms. The van der Waals surface area contributed by atoms with Crippen LogP contribution in [0.4, 0.5) is 14.5 Å². The number of pyridine rings is 1. The zero-order chi connectivity index (χ0) is 35.7. The topological polar surface area (TPSA) is 107 Å². The van der Waals surface area contributed by atoms with Crippen LogP contribution in [0, 0.1) is 25.1 Å². The lowest BCUT2D eigenvalue weighted by Gasteiger charge is -2.54. The Morgan fingerprint density at radius 1 is 1.22 bits per heavy atom. The van der Waals surface area contributed by atoms with Gasteiger partial charge in [0.2, 0.25) is 5.91 Å². The number of ether oxygens (including phenoxy) is 1. The number of aromatic hydroxyl groups is 1. The van der Waals surface area contributed by atoms with Gasteiger partial charge in [0, 0.05) is 37.4 Å². The van der Waals surface area contributed by atoms with Gasteiger partial charge >= 0.3 is 5.97 Å². The van der Waals surface area contributed by atoms with Crippen molar-refractivity contribution >= 4 is 29.0 Å². The molecule has 2 aromatic rings. The second kappa shape index (κ2) is 14.0. The first-order valence-corrected chi connectivity index (χ1v) is 15.9. The van der Waals surface area contributed by atoms with E-state index < -0.39 is 46.4 Å². The van der Waals surface area contributed by atoms with E-state index in [1.807, 2.05) is 32.6 Å². The van der Waals surface area contributed by atoms with Crippen LogP contribution in [0.5, 0.6) is 5.75 Å². The van der Waals surface area contributed by atoms with Gasteiger partial charge in [0.1, 0.15) is 29.6 Å². The van der Waals surface area contributed by atoms with Crippen LogP contribution < -0.4 is 4.90 Å². The predicted molar refractivity (Wildman–Crippen MR) is 181 cm³/mol. The molecule has 4 heterocycles. The molecule has 1 aromatic heterocycles. The Morgan fingerprint density at radius 3 is 2.59 bits per heavy atom. The Bertz CT molecular complexity index is 1840. The highest BCUT2D eigenvalue weighted by Gasteiger charge is 2.47. The molecule has 3 aliphatic rings. The number of rotatable bonds is 7. The third-order valence-corrected chi connectivity index (χ3v) is 9.08. The van der Waals surface area contributed by atoms with Gasteiger partial charge in [-0.05, 0) is 55.7 Å². The number of fused-ring (bicyclic) bond motifs is 2. The maximum Gasteiger partial charge on any atom is 0.325 e. The summed E-state index contributed by atoms with van der Waals surface area (Å²) < 4.78 is 36.5. The summed E-state index contributed by atoms with van der Waals surface area (Å²) in [5, 5.41) is 10.5. The van der Waals surface area contributed by atoms with Crippen molar-refractivity contribution in [3.8, 4) is 18.1 Å². The molecule has 0 unspecified atom stereocenters. The molecule has 2 atom stereocenters. The minimum absolute atomic E-state index is 0.0857. The van der Waals surface area contributed by atoms with Crippen molar-refractivity contribution in [2.75, 3.05) is 44.7 Å². The summed E-state index contributed by atoms with van der Waals surface area (Å²) >= 11 is 0. The number of hydrogen-bond donors (Lipinski definition) is 1. The van der Waals surface area contributed by atoms with Crippen molar-refractivity contribution in [3.63, 3.8) is 0 Å². The number of esters is 1. The molecule has 2 amide bonds. The predicted octanol–water partition coefficient (Wildman–Crippen LogP) is 4.43. The van der Waals surface area contributed by atoms with Gasteiger partial charge in [-0.15, -0.1) is 6.42 Å². The normalized spacial score (nSPS) is 20.6. The number of aromatic nitrogens is 1. The van der Waals surface area contributed by atoms with Gasteiger partial charge in [0.05, 0.1) is 47.9 Å². The molecule has 10 nitrogen and oxygen atoms in total. The van der Waals surface area contributed by atoms with Crippen LogP contribution in [-0.2, 0) is 19.1 Å². The lowest BCUT2D eigenvalue weighted by atomic mass is 9.91. The fourth-order valence-corrected chi connectivity index (χ4v) is 6.79. The Morgan fingerprint density at radius 2 is 1.96 bits per heavy atom. The molecule has 0 radical (unpaired) electrons. The summed E-state index contributed by atoms with van der Waals surface area (Å²) in [6.07, 6.45) is 9.76. The van der Waals surface area contributed by atoms with E-state index in [0.29, 0.717) is 22.7 Å². The van der Waals surface area contributed by atoms with E-state index in [4.69, 9.17) is 11.2 Å². The van der Waals surface area contributed by atoms with Crippen molar-refractivity contribution in [2.24, 2.45) is 0 Å². The lowest BCUT2D eigenvalue weighted by molar-refractivity contribution is -0.143. The first kappa shape index (κ1) is 34.9. The van der Waals surface area contributed by atoms with E-state index in [-0.39, 0.29) is 56.3 Å². The first-order valence-electron chi connectivity index (χ1n) is 15.9. The van der Waals surface area contributed by atoms with E-state index in [1.54, 1.807) is 22.1 Å². The molecule has 3 aliphatic heterocycles. The van der Waals surface area contributed by atoms with Crippen molar-refractivity contribution in [3.05, 3.63) is 94.6 Å².